The van der Waals surface area contributed by atoms with E-state index in [2.05, 4.69) is 81.4 Å². The standard InChI is InChI=1S/C19H18BrN3/c1-2-13-5-3-4-6-17(13)23-19-16(11-12-21-19)18(22-23)14-7-9-15(20)10-8-14/h3-10,21H,2,11-12H2,1H3. The van der Waals surface area contributed by atoms with Gasteiger partial charge >= 0.3 is 0 Å². The van der Waals surface area contributed by atoms with E-state index in [0.717, 1.165) is 35.4 Å². The summed E-state index contributed by atoms with van der Waals surface area (Å²) in [7, 11) is 0. The van der Waals surface area contributed by atoms with E-state index in [1.54, 1.807) is 0 Å². The van der Waals surface area contributed by atoms with Gasteiger partial charge in [-0.1, -0.05) is 53.2 Å². The number of nitrogens with zero attached hydrogens (tertiary/aromatic N) is 2. The maximum atomic E-state index is 4.95. The fourth-order valence-corrected chi connectivity index (χ4v) is 3.47. The SMILES string of the molecule is CCc1ccccc1-n1nc(-c2ccc(Br)cc2)c2c1NCC2. The number of hydrogen-bond donors (Lipinski definition) is 1. The Hall–Kier alpha value is -2.07. The van der Waals surface area contributed by atoms with Gasteiger partial charge in [-0.2, -0.15) is 5.10 Å². The molecule has 0 spiro atoms. The number of halogens is 1. The first-order chi connectivity index (χ1) is 11.3. The number of aryl methyl sites for hydroxylation is 1. The van der Waals surface area contributed by atoms with Crippen molar-refractivity contribution in [3.63, 3.8) is 0 Å². The van der Waals surface area contributed by atoms with Gasteiger partial charge in [-0.15, -0.1) is 0 Å². The maximum Gasteiger partial charge on any atom is 0.133 e. The Morgan fingerprint density at radius 1 is 1.13 bits per heavy atom. The van der Waals surface area contributed by atoms with Crippen LogP contribution in [0.4, 0.5) is 5.82 Å². The highest BCUT2D eigenvalue weighted by molar-refractivity contribution is 9.10. The number of benzene rings is 2. The third-order valence-electron chi connectivity index (χ3n) is 4.37. The minimum absolute atomic E-state index is 0.977. The molecular formula is C19H18BrN3. The van der Waals surface area contributed by atoms with E-state index < -0.39 is 0 Å². The second kappa shape index (κ2) is 5.85. The number of rotatable bonds is 3. The van der Waals surface area contributed by atoms with Gasteiger partial charge in [0.2, 0.25) is 0 Å². The Labute approximate surface area is 144 Å². The zero-order chi connectivity index (χ0) is 15.8. The van der Waals surface area contributed by atoms with Gasteiger partial charge in [0, 0.05) is 22.1 Å². The predicted molar refractivity (Wildman–Crippen MR) is 98.3 cm³/mol. The predicted octanol–water partition coefficient (Wildman–Crippen LogP) is 4.83. The summed E-state index contributed by atoms with van der Waals surface area (Å²) in [6, 6.07) is 16.9. The molecule has 3 aromatic rings. The molecule has 2 heterocycles. The second-order valence-electron chi connectivity index (χ2n) is 5.75. The van der Waals surface area contributed by atoms with Gasteiger partial charge in [0.25, 0.3) is 0 Å². The van der Waals surface area contributed by atoms with Crippen LogP contribution in [0.15, 0.2) is 53.0 Å². The van der Waals surface area contributed by atoms with E-state index in [1.165, 1.54) is 22.4 Å². The van der Waals surface area contributed by atoms with Crippen LogP contribution in [-0.2, 0) is 12.8 Å². The first-order valence-electron chi connectivity index (χ1n) is 7.98. The minimum atomic E-state index is 0.977. The lowest BCUT2D eigenvalue weighted by Crippen LogP contribution is -2.06. The molecule has 0 bridgehead atoms. The van der Waals surface area contributed by atoms with Crippen LogP contribution in [-0.4, -0.2) is 16.3 Å². The zero-order valence-electron chi connectivity index (χ0n) is 13.0. The third-order valence-corrected chi connectivity index (χ3v) is 4.90. The van der Waals surface area contributed by atoms with Crippen molar-refractivity contribution in [3.8, 4) is 16.9 Å². The molecule has 0 saturated heterocycles. The van der Waals surface area contributed by atoms with Crippen LogP contribution in [0.5, 0.6) is 0 Å². The Balaban J connectivity index is 1.90. The van der Waals surface area contributed by atoms with E-state index >= 15 is 0 Å². The second-order valence-corrected chi connectivity index (χ2v) is 6.67. The first-order valence-corrected chi connectivity index (χ1v) is 8.77. The van der Waals surface area contributed by atoms with E-state index in [9.17, 15) is 0 Å². The largest absolute Gasteiger partial charge is 0.369 e. The summed E-state index contributed by atoms with van der Waals surface area (Å²) >= 11 is 3.50. The number of nitrogens with one attached hydrogen (secondary N) is 1. The van der Waals surface area contributed by atoms with Crippen LogP contribution < -0.4 is 5.32 Å². The van der Waals surface area contributed by atoms with Gasteiger partial charge in [0.05, 0.1) is 11.4 Å². The van der Waals surface area contributed by atoms with Gasteiger partial charge in [0.15, 0.2) is 0 Å². The fourth-order valence-electron chi connectivity index (χ4n) is 3.21. The summed E-state index contributed by atoms with van der Waals surface area (Å²) in [6.07, 6.45) is 2.02. The Bertz CT molecular complexity index is 850. The highest BCUT2D eigenvalue weighted by atomic mass is 79.9. The topological polar surface area (TPSA) is 29.9 Å². The third kappa shape index (κ3) is 2.47. The summed E-state index contributed by atoms with van der Waals surface area (Å²) in [5.41, 5.74) is 6.06. The fraction of sp³-hybridized carbons (Fsp3) is 0.211. The lowest BCUT2D eigenvalue weighted by atomic mass is 10.1. The summed E-state index contributed by atoms with van der Waals surface area (Å²) in [5, 5.41) is 8.46. The van der Waals surface area contributed by atoms with Crippen molar-refractivity contribution in [2.24, 2.45) is 0 Å². The molecule has 4 heteroatoms. The van der Waals surface area contributed by atoms with Gasteiger partial charge in [-0.05, 0) is 36.6 Å². The average molecular weight is 368 g/mol. The molecule has 23 heavy (non-hydrogen) atoms. The molecule has 0 unspecified atom stereocenters. The van der Waals surface area contributed by atoms with Gasteiger partial charge in [-0.3, -0.25) is 0 Å². The van der Waals surface area contributed by atoms with Crippen LogP contribution in [0.2, 0.25) is 0 Å². The van der Waals surface area contributed by atoms with Crippen LogP contribution in [0.3, 0.4) is 0 Å². The zero-order valence-corrected chi connectivity index (χ0v) is 14.6. The highest BCUT2D eigenvalue weighted by Crippen LogP contribution is 2.35. The molecule has 0 aliphatic carbocycles. The van der Waals surface area contributed by atoms with Crippen molar-refractivity contribution >= 4 is 21.7 Å². The molecule has 0 atom stereocenters. The Morgan fingerprint density at radius 2 is 1.91 bits per heavy atom. The van der Waals surface area contributed by atoms with Crippen LogP contribution in [0.1, 0.15) is 18.1 Å². The van der Waals surface area contributed by atoms with Crippen molar-refractivity contribution in [1.29, 1.82) is 0 Å². The molecule has 3 nitrogen and oxygen atoms in total. The van der Waals surface area contributed by atoms with E-state index in [-0.39, 0.29) is 0 Å². The Morgan fingerprint density at radius 3 is 2.70 bits per heavy atom. The number of hydrogen-bond acceptors (Lipinski definition) is 2. The van der Waals surface area contributed by atoms with Crippen LogP contribution in [0.25, 0.3) is 16.9 Å². The van der Waals surface area contributed by atoms with E-state index in [1.807, 2.05) is 0 Å². The lowest BCUT2D eigenvalue weighted by Gasteiger charge is -2.10. The summed E-state index contributed by atoms with van der Waals surface area (Å²) in [4.78, 5) is 0. The van der Waals surface area contributed by atoms with Gasteiger partial charge in [-0.25, -0.2) is 4.68 Å². The van der Waals surface area contributed by atoms with E-state index in [4.69, 9.17) is 5.10 Å². The highest BCUT2D eigenvalue weighted by Gasteiger charge is 2.24. The van der Waals surface area contributed by atoms with Crippen molar-refractivity contribution in [2.45, 2.75) is 19.8 Å². The van der Waals surface area contributed by atoms with Crippen molar-refractivity contribution < 1.29 is 0 Å². The molecule has 116 valence electrons. The Kier molecular flexibility index (Phi) is 3.69. The van der Waals surface area contributed by atoms with Gasteiger partial charge in [0.1, 0.15) is 5.82 Å². The first kappa shape index (κ1) is 14.5. The van der Waals surface area contributed by atoms with Crippen LogP contribution in [0, 0.1) is 0 Å². The molecule has 0 fully saturated rings. The summed E-state index contributed by atoms with van der Waals surface area (Å²) < 4.78 is 3.17. The minimum Gasteiger partial charge on any atom is -0.369 e. The summed E-state index contributed by atoms with van der Waals surface area (Å²) in [5.74, 6) is 1.14. The van der Waals surface area contributed by atoms with Crippen molar-refractivity contribution in [2.75, 3.05) is 11.9 Å². The number of aromatic nitrogens is 2. The molecule has 4 rings (SSSR count). The molecule has 2 aromatic carbocycles. The quantitative estimate of drug-likeness (QED) is 0.718. The number of anilines is 1. The molecule has 0 radical (unpaired) electrons. The smallest absolute Gasteiger partial charge is 0.133 e. The number of para-hydroxylation sites is 1. The molecule has 1 aliphatic heterocycles. The monoisotopic (exact) mass is 367 g/mol. The van der Waals surface area contributed by atoms with Crippen LogP contribution >= 0.6 is 15.9 Å². The molecule has 0 amide bonds. The molecule has 0 saturated carbocycles. The van der Waals surface area contributed by atoms with Crippen molar-refractivity contribution in [3.05, 3.63) is 64.1 Å². The lowest BCUT2D eigenvalue weighted by molar-refractivity contribution is 0.866. The molecule has 1 N–H and O–H groups in total. The normalized spacial score (nSPS) is 13.0. The maximum absolute atomic E-state index is 4.95. The average Bonchev–Trinajstić information content (AvgIpc) is 3.18. The van der Waals surface area contributed by atoms with Gasteiger partial charge < -0.3 is 5.32 Å². The number of fused-ring (bicyclic) bond motifs is 1. The summed E-state index contributed by atoms with van der Waals surface area (Å²) in [6.45, 7) is 3.16. The molecule has 1 aliphatic rings. The van der Waals surface area contributed by atoms with E-state index in [0.29, 0.717) is 0 Å². The molecular weight excluding hydrogens is 350 g/mol. The molecule has 1 aromatic heterocycles. The van der Waals surface area contributed by atoms with Crippen molar-refractivity contribution in [1.82, 2.24) is 9.78 Å².